The van der Waals surface area contributed by atoms with Crippen LogP contribution >= 0.6 is 0 Å². The van der Waals surface area contributed by atoms with E-state index in [-0.39, 0.29) is 0 Å². The van der Waals surface area contributed by atoms with Gasteiger partial charge in [-0.05, 0) is 32.9 Å². The summed E-state index contributed by atoms with van der Waals surface area (Å²) in [5.74, 6) is -1.87. The van der Waals surface area contributed by atoms with Crippen LogP contribution in [0.3, 0.4) is 0 Å². The molecule has 0 heterocycles. The number of amides is 1. The van der Waals surface area contributed by atoms with Crippen molar-refractivity contribution in [3.8, 4) is 11.5 Å². The number of carbonyl (C=O) groups is 2. The molecule has 1 aromatic rings. The quantitative estimate of drug-likeness (QED) is 0.748. The van der Waals surface area contributed by atoms with Gasteiger partial charge in [-0.3, -0.25) is 9.59 Å². The fraction of sp³-hybridized carbons (Fsp3) is 0.429. The van der Waals surface area contributed by atoms with Crippen LogP contribution < -0.4 is 14.8 Å². The first-order chi connectivity index (χ1) is 9.49. The maximum absolute atomic E-state index is 11.8. The second kappa shape index (κ2) is 7.37. The third-order valence-corrected chi connectivity index (χ3v) is 2.58. The van der Waals surface area contributed by atoms with E-state index in [2.05, 4.69) is 5.32 Å². The standard InChI is InChI=1S/C14H19NO5/c1-4-19-10-6-7-12(20-5-2)11(8-10)15-13(16)9(3)14(17)18/h6-9H,4-5H2,1-3H3,(H,15,16)(H,17,18). The Balaban J connectivity index is 2.97. The first-order valence-corrected chi connectivity index (χ1v) is 6.42. The number of ether oxygens (including phenoxy) is 2. The number of aliphatic carboxylic acids is 1. The van der Waals surface area contributed by atoms with Gasteiger partial charge in [0.2, 0.25) is 5.91 Å². The fourth-order valence-electron chi connectivity index (χ4n) is 1.50. The first kappa shape index (κ1) is 15.8. The van der Waals surface area contributed by atoms with Gasteiger partial charge in [-0.2, -0.15) is 0 Å². The summed E-state index contributed by atoms with van der Waals surface area (Å²) in [4.78, 5) is 22.6. The zero-order valence-corrected chi connectivity index (χ0v) is 11.8. The van der Waals surface area contributed by atoms with Gasteiger partial charge < -0.3 is 19.9 Å². The minimum Gasteiger partial charge on any atom is -0.494 e. The van der Waals surface area contributed by atoms with Crippen molar-refractivity contribution in [1.82, 2.24) is 0 Å². The lowest BCUT2D eigenvalue weighted by Gasteiger charge is -2.14. The van der Waals surface area contributed by atoms with Gasteiger partial charge >= 0.3 is 5.97 Å². The van der Waals surface area contributed by atoms with Gasteiger partial charge in [0.25, 0.3) is 0 Å². The van der Waals surface area contributed by atoms with Crippen LogP contribution in [0.2, 0.25) is 0 Å². The lowest BCUT2D eigenvalue weighted by molar-refractivity contribution is -0.144. The van der Waals surface area contributed by atoms with Gasteiger partial charge in [0.05, 0.1) is 18.9 Å². The zero-order valence-electron chi connectivity index (χ0n) is 11.8. The Morgan fingerprint density at radius 2 is 1.90 bits per heavy atom. The first-order valence-electron chi connectivity index (χ1n) is 6.42. The molecule has 1 aromatic carbocycles. The maximum atomic E-state index is 11.8. The molecule has 0 saturated carbocycles. The van der Waals surface area contributed by atoms with Crippen molar-refractivity contribution < 1.29 is 24.2 Å². The third-order valence-electron chi connectivity index (χ3n) is 2.58. The van der Waals surface area contributed by atoms with Gasteiger partial charge in [-0.1, -0.05) is 0 Å². The van der Waals surface area contributed by atoms with Gasteiger partial charge in [-0.15, -0.1) is 0 Å². The molecular weight excluding hydrogens is 262 g/mol. The zero-order chi connectivity index (χ0) is 15.1. The summed E-state index contributed by atoms with van der Waals surface area (Å²) < 4.78 is 10.7. The van der Waals surface area contributed by atoms with Crippen LogP contribution in [0.4, 0.5) is 5.69 Å². The Bertz CT molecular complexity index is 486. The Morgan fingerprint density at radius 1 is 1.25 bits per heavy atom. The summed E-state index contributed by atoms with van der Waals surface area (Å²) in [6, 6.07) is 5.02. The highest BCUT2D eigenvalue weighted by molar-refractivity contribution is 6.04. The highest BCUT2D eigenvalue weighted by Crippen LogP contribution is 2.29. The number of benzene rings is 1. The molecule has 1 rings (SSSR count). The lowest BCUT2D eigenvalue weighted by Crippen LogP contribution is -2.27. The molecule has 2 N–H and O–H groups in total. The summed E-state index contributed by atoms with van der Waals surface area (Å²) >= 11 is 0. The molecule has 0 saturated heterocycles. The summed E-state index contributed by atoms with van der Waals surface area (Å²) in [6.07, 6.45) is 0. The molecule has 0 fully saturated rings. The van der Waals surface area contributed by atoms with Crippen molar-refractivity contribution in [3.63, 3.8) is 0 Å². The Kier molecular flexibility index (Phi) is 5.83. The average molecular weight is 281 g/mol. The molecule has 0 aliphatic carbocycles. The second-order valence-electron chi connectivity index (χ2n) is 4.07. The summed E-state index contributed by atoms with van der Waals surface area (Å²) in [5, 5.41) is 11.4. The van der Waals surface area contributed by atoms with Crippen molar-refractivity contribution >= 4 is 17.6 Å². The van der Waals surface area contributed by atoms with Gasteiger partial charge in [-0.25, -0.2) is 0 Å². The molecule has 0 aliphatic rings. The molecule has 0 aliphatic heterocycles. The molecule has 1 atom stereocenters. The normalized spacial score (nSPS) is 11.6. The molecule has 0 spiro atoms. The summed E-state index contributed by atoms with van der Waals surface area (Å²) in [5.41, 5.74) is 0.399. The monoisotopic (exact) mass is 281 g/mol. The Morgan fingerprint density at radius 3 is 2.45 bits per heavy atom. The molecule has 1 unspecified atom stereocenters. The van der Waals surface area contributed by atoms with E-state index in [0.29, 0.717) is 30.4 Å². The van der Waals surface area contributed by atoms with Crippen LogP contribution in [0.1, 0.15) is 20.8 Å². The molecule has 1 amide bonds. The average Bonchev–Trinajstić information content (AvgIpc) is 2.41. The number of anilines is 1. The van der Waals surface area contributed by atoms with E-state index in [1.165, 1.54) is 6.92 Å². The Hall–Kier alpha value is -2.24. The number of carboxylic acids is 1. The Labute approximate surface area is 117 Å². The molecule has 20 heavy (non-hydrogen) atoms. The summed E-state index contributed by atoms with van der Waals surface area (Å²) in [7, 11) is 0. The lowest BCUT2D eigenvalue weighted by atomic mass is 10.1. The number of carbonyl (C=O) groups excluding carboxylic acids is 1. The van der Waals surface area contributed by atoms with E-state index in [4.69, 9.17) is 14.6 Å². The van der Waals surface area contributed by atoms with Crippen molar-refractivity contribution in [2.45, 2.75) is 20.8 Å². The van der Waals surface area contributed by atoms with E-state index >= 15 is 0 Å². The van der Waals surface area contributed by atoms with Gasteiger partial charge in [0.1, 0.15) is 17.4 Å². The predicted molar refractivity (Wildman–Crippen MR) is 74.2 cm³/mol. The highest BCUT2D eigenvalue weighted by atomic mass is 16.5. The minimum absolute atomic E-state index is 0.399. The van der Waals surface area contributed by atoms with Crippen LogP contribution in [0, 0.1) is 5.92 Å². The van der Waals surface area contributed by atoms with Crippen molar-refractivity contribution in [1.29, 1.82) is 0 Å². The van der Waals surface area contributed by atoms with Crippen LogP contribution in [-0.2, 0) is 9.59 Å². The van der Waals surface area contributed by atoms with Crippen LogP contribution in [0.15, 0.2) is 18.2 Å². The molecule has 0 bridgehead atoms. The number of hydrogen-bond donors (Lipinski definition) is 2. The van der Waals surface area contributed by atoms with E-state index in [1.54, 1.807) is 18.2 Å². The van der Waals surface area contributed by atoms with Crippen LogP contribution in [-0.4, -0.2) is 30.2 Å². The van der Waals surface area contributed by atoms with E-state index < -0.39 is 17.8 Å². The minimum atomic E-state index is -1.18. The van der Waals surface area contributed by atoms with Gasteiger partial charge in [0.15, 0.2) is 0 Å². The molecule has 6 nitrogen and oxygen atoms in total. The number of hydrogen-bond acceptors (Lipinski definition) is 4. The van der Waals surface area contributed by atoms with Crippen LogP contribution in [0.25, 0.3) is 0 Å². The van der Waals surface area contributed by atoms with E-state index in [1.807, 2.05) is 13.8 Å². The third kappa shape index (κ3) is 4.15. The number of rotatable bonds is 7. The van der Waals surface area contributed by atoms with Crippen molar-refractivity contribution in [2.24, 2.45) is 5.92 Å². The van der Waals surface area contributed by atoms with E-state index in [0.717, 1.165) is 0 Å². The SMILES string of the molecule is CCOc1ccc(OCC)c(NC(=O)C(C)C(=O)O)c1. The predicted octanol–water partition coefficient (Wildman–Crippen LogP) is 2.14. The smallest absolute Gasteiger partial charge is 0.315 e. The molecule has 0 radical (unpaired) electrons. The largest absolute Gasteiger partial charge is 0.494 e. The number of carboxylic acid groups (broad SMARTS) is 1. The number of nitrogens with one attached hydrogen (secondary N) is 1. The summed E-state index contributed by atoms with van der Waals surface area (Å²) in [6.45, 7) is 5.92. The molecule has 6 heteroatoms. The second-order valence-corrected chi connectivity index (χ2v) is 4.07. The fourth-order valence-corrected chi connectivity index (χ4v) is 1.50. The maximum Gasteiger partial charge on any atom is 0.315 e. The van der Waals surface area contributed by atoms with E-state index in [9.17, 15) is 9.59 Å². The topological polar surface area (TPSA) is 84.9 Å². The molecular formula is C14H19NO5. The van der Waals surface area contributed by atoms with Crippen molar-refractivity contribution in [3.05, 3.63) is 18.2 Å². The van der Waals surface area contributed by atoms with Gasteiger partial charge in [0, 0.05) is 6.07 Å². The molecule has 0 aromatic heterocycles. The highest BCUT2D eigenvalue weighted by Gasteiger charge is 2.21. The van der Waals surface area contributed by atoms with Crippen molar-refractivity contribution in [2.75, 3.05) is 18.5 Å². The molecule has 110 valence electrons. The van der Waals surface area contributed by atoms with Crippen LogP contribution in [0.5, 0.6) is 11.5 Å².